The number of azide groups is 1. The zero-order valence-corrected chi connectivity index (χ0v) is 23.2. The van der Waals surface area contributed by atoms with Gasteiger partial charge in [0.25, 0.3) is 0 Å². The topological polar surface area (TPSA) is 152 Å². The van der Waals surface area contributed by atoms with E-state index in [1.165, 1.54) is 14.2 Å². The second-order valence-electron chi connectivity index (χ2n) is 9.65. The van der Waals surface area contributed by atoms with Crippen LogP contribution in [-0.2, 0) is 28.2 Å². The smallest absolute Gasteiger partial charge is 0.330 e. The first-order valence-electron chi connectivity index (χ1n) is 11.4. The van der Waals surface area contributed by atoms with Crippen molar-refractivity contribution in [1.29, 1.82) is 0 Å². The summed E-state index contributed by atoms with van der Waals surface area (Å²) < 4.78 is 21.4. The molecule has 0 heterocycles. The predicted molar refractivity (Wildman–Crippen MR) is 136 cm³/mol. The number of allylic oxidation sites excluding steroid dienone is 2. The van der Waals surface area contributed by atoms with Crippen LogP contribution in [0.3, 0.4) is 0 Å². The maximum absolute atomic E-state index is 12.6. The zero-order chi connectivity index (χ0) is 27.1. The fourth-order valence-electron chi connectivity index (χ4n) is 2.65. The van der Waals surface area contributed by atoms with E-state index in [1.54, 1.807) is 18.2 Å². The molecule has 0 radical (unpaired) electrons. The lowest BCUT2D eigenvalue weighted by Crippen LogP contribution is -2.50. The summed E-state index contributed by atoms with van der Waals surface area (Å²) in [6.07, 6.45) is 3.56. The molecule has 0 aromatic heterocycles. The van der Waals surface area contributed by atoms with Crippen LogP contribution in [0.15, 0.2) is 28.9 Å². The highest BCUT2D eigenvalue weighted by atomic mass is 28.4. The predicted octanol–water partition coefficient (Wildman–Crippen LogP) is 3.61. The Morgan fingerprint density at radius 1 is 1.26 bits per heavy atom. The lowest BCUT2D eigenvalue weighted by atomic mass is 10.1. The molecular weight excluding hydrogens is 472 g/mol. The number of nitrogens with one attached hydrogen (secondary N) is 1. The van der Waals surface area contributed by atoms with Crippen LogP contribution in [-0.4, -0.2) is 77.7 Å². The molecule has 11 nitrogen and oxygen atoms in total. The van der Waals surface area contributed by atoms with Crippen molar-refractivity contribution in [2.45, 2.75) is 76.9 Å². The highest BCUT2D eigenvalue weighted by Crippen LogP contribution is 2.36. The number of carbonyl (C=O) groups is 2. The number of hydrogen-bond acceptors (Lipinski definition) is 8. The molecule has 12 heteroatoms. The van der Waals surface area contributed by atoms with Crippen molar-refractivity contribution in [1.82, 2.24) is 5.32 Å². The van der Waals surface area contributed by atoms with Crippen molar-refractivity contribution < 1.29 is 33.3 Å². The largest absolute Gasteiger partial charge is 0.467 e. The monoisotopic (exact) mass is 514 g/mol. The third-order valence-electron chi connectivity index (χ3n) is 5.64. The molecule has 1 amide bonds. The first-order chi connectivity index (χ1) is 16.3. The Kier molecular flexibility index (Phi) is 15.4. The quantitative estimate of drug-likeness (QED) is 0.0607. The Labute approximate surface area is 209 Å². The van der Waals surface area contributed by atoms with Crippen molar-refractivity contribution in [2.24, 2.45) is 5.11 Å². The van der Waals surface area contributed by atoms with E-state index < -0.39 is 38.4 Å². The lowest BCUT2D eigenvalue weighted by molar-refractivity contribution is -0.146. The molecule has 0 aliphatic rings. The average molecular weight is 515 g/mol. The van der Waals surface area contributed by atoms with E-state index in [4.69, 9.17) is 24.2 Å². The second kappa shape index (κ2) is 16.5. The molecular formula is C23H42N4O7Si. The minimum Gasteiger partial charge on any atom is -0.467 e. The van der Waals surface area contributed by atoms with Crippen LogP contribution in [0.2, 0.25) is 18.1 Å². The van der Waals surface area contributed by atoms with E-state index in [0.717, 1.165) is 5.57 Å². The van der Waals surface area contributed by atoms with Gasteiger partial charge < -0.3 is 29.1 Å². The molecule has 200 valence electrons. The molecule has 0 aromatic rings. The van der Waals surface area contributed by atoms with E-state index in [9.17, 15) is 14.7 Å². The number of amides is 1. The van der Waals surface area contributed by atoms with Gasteiger partial charge in [0.2, 0.25) is 5.91 Å². The van der Waals surface area contributed by atoms with E-state index in [0.29, 0.717) is 0 Å². The number of aliphatic hydroxyl groups excluding tert-OH is 1. The SMILES string of the molecule is COCO[C@H](/C=C(C)/C=C/CN=[N+]=[N-])C[C@@H](O)CC(=O)N[C@@H](CO[Si](C)(C)C(C)(C)C)C(=O)OC. The summed E-state index contributed by atoms with van der Waals surface area (Å²) >= 11 is 0. The third kappa shape index (κ3) is 14.1. The fraction of sp³-hybridized carbons (Fsp3) is 0.739. The molecule has 0 rings (SSSR count). The van der Waals surface area contributed by atoms with Crippen molar-refractivity contribution in [2.75, 3.05) is 34.2 Å². The highest BCUT2D eigenvalue weighted by Gasteiger charge is 2.38. The van der Waals surface area contributed by atoms with Gasteiger partial charge in [-0.3, -0.25) is 4.79 Å². The number of ether oxygens (including phenoxy) is 3. The number of carbonyl (C=O) groups excluding carboxylic acids is 2. The van der Waals surface area contributed by atoms with Crippen LogP contribution in [0.4, 0.5) is 0 Å². The summed E-state index contributed by atoms with van der Waals surface area (Å²) in [6, 6.07) is -0.974. The summed E-state index contributed by atoms with van der Waals surface area (Å²) in [5, 5.41) is 16.5. The minimum atomic E-state index is -2.15. The first kappa shape index (κ1) is 32.8. The van der Waals surface area contributed by atoms with Crippen LogP contribution < -0.4 is 5.32 Å². The summed E-state index contributed by atoms with van der Waals surface area (Å²) in [5.74, 6) is -1.12. The molecule has 0 aliphatic carbocycles. The van der Waals surface area contributed by atoms with Crippen LogP contribution in [0.25, 0.3) is 10.4 Å². The number of aliphatic hydroxyl groups is 1. The van der Waals surface area contributed by atoms with Gasteiger partial charge in [-0.25, -0.2) is 4.79 Å². The zero-order valence-electron chi connectivity index (χ0n) is 22.2. The van der Waals surface area contributed by atoms with E-state index >= 15 is 0 Å². The molecule has 0 unspecified atom stereocenters. The molecule has 0 fully saturated rings. The summed E-state index contributed by atoms with van der Waals surface area (Å²) in [7, 11) is 0.582. The third-order valence-corrected chi connectivity index (χ3v) is 10.1. The normalized spacial score (nSPS) is 15.3. The van der Waals surface area contributed by atoms with Crippen LogP contribution in [0, 0.1) is 0 Å². The van der Waals surface area contributed by atoms with Crippen LogP contribution in [0.5, 0.6) is 0 Å². The van der Waals surface area contributed by atoms with Gasteiger partial charge in [0.15, 0.2) is 8.32 Å². The Morgan fingerprint density at radius 3 is 2.46 bits per heavy atom. The van der Waals surface area contributed by atoms with Gasteiger partial charge in [0, 0.05) is 25.0 Å². The van der Waals surface area contributed by atoms with Gasteiger partial charge in [-0.2, -0.15) is 0 Å². The fourth-order valence-corrected chi connectivity index (χ4v) is 3.66. The Morgan fingerprint density at radius 2 is 1.91 bits per heavy atom. The number of esters is 1. The number of hydrogen-bond donors (Lipinski definition) is 2. The van der Waals surface area contributed by atoms with Crippen LogP contribution in [0.1, 0.15) is 40.5 Å². The minimum absolute atomic E-state index is 0.00497. The van der Waals surface area contributed by atoms with E-state index in [1.807, 2.05) is 6.92 Å². The molecule has 0 aromatic carbocycles. The second-order valence-corrected chi connectivity index (χ2v) is 14.5. The summed E-state index contributed by atoms with van der Waals surface area (Å²) in [4.78, 5) is 27.5. The maximum Gasteiger partial charge on any atom is 0.330 e. The first-order valence-corrected chi connectivity index (χ1v) is 14.3. The van der Waals surface area contributed by atoms with Crippen molar-refractivity contribution in [3.05, 3.63) is 34.2 Å². The number of nitrogens with zero attached hydrogens (tertiary/aromatic N) is 3. The van der Waals surface area contributed by atoms with Crippen LogP contribution >= 0.6 is 0 Å². The van der Waals surface area contributed by atoms with Gasteiger partial charge in [-0.05, 0) is 30.6 Å². The Hall–Kier alpha value is -2.21. The standard InChI is InChI=1S/C23H42N4O7Si/c1-17(10-9-11-25-27-24)12-19(33-16-31-5)13-18(28)14-21(29)26-20(22(30)32-6)15-34-35(7,8)23(2,3)4/h9-10,12,18-20,28H,11,13-16H2,1-8H3,(H,26,29)/b10-9+,17-12+/t18-,19-,20+/m1/s1. The van der Waals surface area contributed by atoms with Crippen molar-refractivity contribution in [3.63, 3.8) is 0 Å². The van der Waals surface area contributed by atoms with E-state index in [-0.39, 0.29) is 37.8 Å². The molecule has 0 saturated carbocycles. The average Bonchev–Trinajstić information content (AvgIpc) is 2.76. The number of rotatable bonds is 16. The van der Waals surface area contributed by atoms with Gasteiger partial charge in [-0.15, -0.1) is 0 Å². The molecule has 0 saturated heterocycles. The van der Waals surface area contributed by atoms with Gasteiger partial charge in [0.05, 0.1) is 32.3 Å². The maximum atomic E-state index is 12.6. The molecule has 0 bridgehead atoms. The van der Waals surface area contributed by atoms with Crippen molar-refractivity contribution >= 4 is 20.2 Å². The number of methoxy groups -OCH3 is 2. The molecule has 0 spiro atoms. The Balaban J connectivity index is 5.12. The van der Waals surface area contributed by atoms with Gasteiger partial charge in [-0.1, -0.05) is 49.7 Å². The molecule has 35 heavy (non-hydrogen) atoms. The van der Waals surface area contributed by atoms with E-state index in [2.05, 4.69) is 49.2 Å². The molecule has 2 N–H and O–H groups in total. The molecule has 3 atom stereocenters. The van der Waals surface area contributed by atoms with Gasteiger partial charge in [0.1, 0.15) is 12.8 Å². The lowest BCUT2D eigenvalue weighted by Gasteiger charge is -2.37. The van der Waals surface area contributed by atoms with Crippen molar-refractivity contribution in [3.8, 4) is 0 Å². The summed E-state index contributed by atoms with van der Waals surface area (Å²) in [6.45, 7) is 12.4. The Bertz CT molecular complexity index is 774. The highest BCUT2D eigenvalue weighted by molar-refractivity contribution is 6.74. The summed E-state index contributed by atoms with van der Waals surface area (Å²) in [5.41, 5.74) is 9.15. The van der Waals surface area contributed by atoms with Gasteiger partial charge >= 0.3 is 5.97 Å². The molecule has 0 aliphatic heterocycles.